The molecule has 0 bridgehead atoms. The van der Waals surface area contributed by atoms with Crippen LogP contribution in [0, 0.1) is 0 Å². The predicted molar refractivity (Wildman–Crippen MR) is 63.5 cm³/mol. The molecule has 0 aliphatic rings. The Labute approximate surface area is 116 Å². The zero-order valence-corrected chi connectivity index (χ0v) is 12.4. The third kappa shape index (κ3) is 13.2. The molecule has 0 amide bonds. The van der Waals surface area contributed by atoms with Gasteiger partial charge < -0.3 is 9.47 Å². The van der Waals surface area contributed by atoms with Crippen molar-refractivity contribution < 1.29 is 44.3 Å². The Morgan fingerprint density at radius 3 is 1.30 bits per heavy atom. The van der Waals surface area contributed by atoms with Crippen molar-refractivity contribution in [1.82, 2.24) is 0 Å². The molecule has 0 spiro atoms. The number of hydrogen-bond acceptors (Lipinski definition) is 10. The van der Waals surface area contributed by atoms with Crippen LogP contribution in [0.2, 0.25) is 0 Å². The fraction of sp³-hybridized carbons (Fsp3) is 0.750. The number of ether oxygens (including phenoxy) is 2. The standard InChI is InChI=1S/C8H14O10S2/c1-19(11,12)17-5-7(9)15-3-4-16-8(10)6-18-20(2,13)14/h3-6H2,1-2H3. The van der Waals surface area contributed by atoms with E-state index in [9.17, 15) is 26.4 Å². The topological polar surface area (TPSA) is 139 Å². The summed E-state index contributed by atoms with van der Waals surface area (Å²) < 4.78 is 59.4. The Bertz CT molecular complexity index is 482. The lowest BCUT2D eigenvalue weighted by Crippen LogP contribution is -2.21. The minimum absolute atomic E-state index is 0.337. The fourth-order valence-corrected chi connectivity index (χ4v) is 1.33. The SMILES string of the molecule is CS(=O)(=O)OCC(=O)OCCOC(=O)COS(C)(=O)=O. The molecule has 0 atom stereocenters. The summed E-state index contributed by atoms with van der Waals surface area (Å²) in [4.78, 5) is 21.9. The summed E-state index contributed by atoms with van der Waals surface area (Å²) in [7, 11) is -7.49. The first-order valence-electron chi connectivity index (χ1n) is 4.99. The minimum atomic E-state index is -3.74. The smallest absolute Gasteiger partial charge is 0.333 e. The summed E-state index contributed by atoms with van der Waals surface area (Å²) in [6.45, 7) is -2.25. The van der Waals surface area contributed by atoms with Gasteiger partial charge in [0.1, 0.15) is 13.2 Å². The maximum absolute atomic E-state index is 10.9. The second kappa shape index (κ2) is 8.14. The number of carbonyl (C=O) groups is 2. The molecule has 0 saturated carbocycles. The molecule has 0 aliphatic carbocycles. The zero-order chi connectivity index (χ0) is 15.8. The van der Waals surface area contributed by atoms with Gasteiger partial charge in [-0.2, -0.15) is 16.8 Å². The van der Waals surface area contributed by atoms with Crippen LogP contribution in [-0.2, 0) is 47.7 Å². The molecule has 0 heterocycles. The molecule has 0 aromatic rings. The molecule has 118 valence electrons. The molecular weight excluding hydrogens is 320 g/mol. The van der Waals surface area contributed by atoms with E-state index >= 15 is 0 Å². The van der Waals surface area contributed by atoms with Crippen molar-refractivity contribution in [2.75, 3.05) is 38.9 Å². The van der Waals surface area contributed by atoms with Crippen LogP contribution in [0.5, 0.6) is 0 Å². The van der Waals surface area contributed by atoms with E-state index < -0.39 is 45.4 Å². The summed E-state index contributed by atoms with van der Waals surface area (Å²) in [5, 5.41) is 0. The highest BCUT2D eigenvalue weighted by molar-refractivity contribution is 7.86. The van der Waals surface area contributed by atoms with E-state index in [4.69, 9.17) is 0 Å². The van der Waals surface area contributed by atoms with Gasteiger partial charge in [-0.3, -0.25) is 8.37 Å². The maximum Gasteiger partial charge on any atom is 0.333 e. The monoisotopic (exact) mass is 334 g/mol. The van der Waals surface area contributed by atoms with E-state index in [1.807, 2.05) is 0 Å². The van der Waals surface area contributed by atoms with Crippen LogP contribution in [0.3, 0.4) is 0 Å². The van der Waals surface area contributed by atoms with Crippen LogP contribution >= 0.6 is 0 Å². The molecule has 12 heteroatoms. The van der Waals surface area contributed by atoms with Gasteiger partial charge >= 0.3 is 11.9 Å². The summed E-state index contributed by atoms with van der Waals surface area (Å²) in [5.74, 6) is -1.92. The second-order valence-electron chi connectivity index (χ2n) is 3.37. The molecule has 0 rings (SSSR count). The van der Waals surface area contributed by atoms with E-state index in [-0.39, 0.29) is 13.2 Å². The third-order valence-electron chi connectivity index (χ3n) is 1.39. The van der Waals surface area contributed by atoms with Gasteiger partial charge in [0.2, 0.25) is 0 Å². The van der Waals surface area contributed by atoms with E-state index in [1.54, 1.807) is 0 Å². The Balaban J connectivity index is 3.71. The molecule has 0 aromatic heterocycles. The number of esters is 2. The van der Waals surface area contributed by atoms with Crippen molar-refractivity contribution in [3.8, 4) is 0 Å². The molecule has 0 aromatic carbocycles. The van der Waals surface area contributed by atoms with Gasteiger partial charge in [-0.05, 0) is 0 Å². The van der Waals surface area contributed by atoms with Gasteiger partial charge in [0.05, 0.1) is 12.5 Å². The molecule has 0 fully saturated rings. The molecule has 0 radical (unpaired) electrons. The highest BCUT2D eigenvalue weighted by atomic mass is 32.2. The van der Waals surface area contributed by atoms with Crippen LogP contribution in [0.25, 0.3) is 0 Å². The fourth-order valence-electron chi connectivity index (χ4n) is 0.705. The average molecular weight is 334 g/mol. The van der Waals surface area contributed by atoms with Crippen molar-refractivity contribution in [2.24, 2.45) is 0 Å². The molecule has 10 nitrogen and oxygen atoms in total. The lowest BCUT2D eigenvalue weighted by atomic mass is 10.7. The largest absolute Gasteiger partial charge is 0.460 e. The van der Waals surface area contributed by atoms with Gasteiger partial charge in [-0.25, -0.2) is 9.59 Å². The number of carbonyl (C=O) groups excluding carboxylic acids is 2. The Morgan fingerprint density at radius 1 is 0.750 bits per heavy atom. The lowest BCUT2D eigenvalue weighted by molar-refractivity contribution is -0.154. The van der Waals surface area contributed by atoms with Crippen LogP contribution < -0.4 is 0 Å². The van der Waals surface area contributed by atoms with Crippen molar-refractivity contribution in [3.05, 3.63) is 0 Å². The lowest BCUT2D eigenvalue weighted by Gasteiger charge is -2.06. The first kappa shape index (κ1) is 18.8. The third-order valence-corrected chi connectivity index (χ3v) is 2.48. The summed E-state index contributed by atoms with van der Waals surface area (Å²) in [5.41, 5.74) is 0. The molecule has 0 N–H and O–H groups in total. The van der Waals surface area contributed by atoms with E-state index in [2.05, 4.69) is 17.8 Å². The number of hydrogen-bond donors (Lipinski definition) is 0. The van der Waals surface area contributed by atoms with Crippen molar-refractivity contribution >= 4 is 32.2 Å². The number of rotatable bonds is 9. The van der Waals surface area contributed by atoms with Crippen molar-refractivity contribution in [3.63, 3.8) is 0 Å². The van der Waals surface area contributed by atoms with E-state index in [0.29, 0.717) is 0 Å². The molecule has 20 heavy (non-hydrogen) atoms. The highest BCUT2D eigenvalue weighted by Crippen LogP contribution is 1.91. The molecule has 0 unspecified atom stereocenters. The molecular formula is C8H14O10S2. The van der Waals surface area contributed by atoms with Crippen LogP contribution in [0.4, 0.5) is 0 Å². The van der Waals surface area contributed by atoms with Crippen molar-refractivity contribution in [1.29, 1.82) is 0 Å². The van der Waals surface area contributed by atoms with Crippen LogP contribution in [0.1, 0.15) is 0 Å². The summed E-state index contributed by atoms with van der Waals surface area (Å²) in [6, 6.07) is 0. The van der Waals surface area contributed by atoms with Gasteiger partial charge in [0.25, 0.3) is 20.2 Å². The first-order chi connectivity index (χ1) is 8.99. The second-order valence-corrected chi connectivity index (χ2v) is 6.66. The van der Waals surface area contributed by atoms with Gasteiger partial charge in [0.15, 0.2) is 13.2 Å². The molecule has 0 saturated heterocycles. The van der Waals surface area contributed by atoms with Crippen LogP contribution in [-0.4, -0.2) is 67.7 Å². The zero-order valence-electron chi connectivity index (χ0n) is 10.7. The Hall–Kier alpha value is -1.24. The van der Waals surface area contributed by atoms with Crippen LogP contribution in [0.15, 0.2) is 0 Å². The van der Waals surface area contributed by atoms with Gasteiger partial charge in [-0.15, -0.1) is 0 Å². The predicted octanol–water partition coefficient (Wildman–Crippen LogP) is -1.97. The highest BCUT2D eigenvalue weighted by Gasteiger charge is 2.11. The maximum atomic E-state index is 10.9. The quantitative estimate of drug-likeness (QED) is 0.265. The van der Waals surface area contributed by atoms with Gasteiger partial charge in [-0.1, -0.05) is 0 Å². The van der Waals surface area contributed by atoms with E-state index in [1.165, 1.54) is 0 Å². The summed E-state index contributed by atoms with van der Waals surface area (Å²) >= 11 is 0. The summed E-state index contributed by atoms with van der Waals surface area (Å²) in [6.07, 6.45) is 1.54. The minimum Gasteiger partial charge on any atom is -0.460 e. The average Bonchev–Trinajstić information content (AvgIpc) is 2.27. The molecule has 0 aliphatic heterocycles. The Kier molecular flexibility index (Phi) is 7.63. The van der Waals surface area contributed by atoms with Gasteiger partial charge in [0, 0.05) is 0 Å². The Morgan fingerprint density at radius 2 is 1.05 bits per heavy atom. The normalized spacial score (nSPS) is 11.9. The van der Waals surface area contributed by atoms with Crippen molar-refractivity contribution in [2.45, 2.75) is 0 Å². The first-order valence-corrected chi connectivity index (χ1v) is 8.63. The van der Waals surface area contributed by atoms with E-state index in [0.717, 1.165) is 12.5 Å².